The molecule has 0 aromatic heterocycles. The molecule has 0 saturated carbocycles. The lowest BCUT2D eigenvalue weighted by Gasteiger charge is -2.22. The number of aliphatic hydroxyl groups is 1. The molecule has 1 aromatic carbocycles. The van der Waals surface area contributed by atoms with E-state index in [1.165, 1.54) is 0 Å². The smallest absolute Gasteiger partial charge is 0.119 e. The summed E-state index contributed by atoms with van der Waals surface area (Å²) in [6.45, 7) is 9.57. The van der Waals surface area contributed by atoms with E-state index >= 15 is 0 Å². The first-order valence-corrected chi connectivity index (χ1v) is 6.69. The van der Waals surface area contributed by atoms with Crippen LogP contribution in [0.25, 0.3) is 0 Å². The summed E-state index contributed by atoms with van der Waals surface area (Å²) in [7, 11) is 0. The second kappa shape index (κ2) is 7.36. The molecule has 1 atom stereocenters. The summed E-state index contributed by atoms with van der Waals surface area (Å²) in [6.07, 6.45) is -0.522. The van der Waals surface area contributed by atoms with E-state index in [1.807, 2.05) is 31.2 Å². The van der Waals surface area contributed by atoms with Crippen molar-refractivity contribution < 1.29 is 14.6 Å². The van der Waals surface area contributed by atoms with Crippen LogP contribution in [0.2, 0.25) is 0 Å². The fourth-order valence-corrected chi connectivity index (χ4v) is 1.47. The van der Waals surface area contributed by atoms with Gasteiger partial charge >= 0.3 is 0 Å². The molecule has 1 aromatic rings. The number of hydrogen-bond donors (Lipinski definition) is 2. The monoisotopic (exact) mass is 267 g/mol. The molecule has 19 heavy (non-hydrogen) atoms. The average Bonchev–Trinajstić information content (AvgIpc) is 2.35. The Kier molecular flexibility index (Phi) is 6.12. The first-order chi connectivity index (χ1) is 8.90. The van der Waals surface area contributed by atoms with Crippen LogP contribution in [0.4, 0.5) is 0 Å². The molecule has 0 amide bonds. The Hall–Kier alpha value is -1.26. The number of ether oxygens (including phenoxy) is 2. The van der Waals surface area contributed by atoms with Gasteiger partial charge in [0.25, 0.3) is 0 Å². The zero-order valence-corrected chi connectivity index (χ0v) is 12.3. The molecule has 0 bridgehead atoms. The SMILES string of the molecule is CCOc1ccc(OCC(O)CNC(C)(C)C)cc1. The lowest BCUT2D eigenvalue weighted by atomic mass is 10.1. The van der Waals surface area contributed by atoms with E-state index in [0.717, 1.165) is 11.5 Å². The molecule has 4 nitrogen and oxygen atoms in total. The number of rotatable bonds is 7. The summed E-state index contributed by atoms with van der Waals surface area (Å²) in [5.74, 6) is 1.56. The molecule has 0 heterocycles. The van der Waals surface area contributed by atoms with E-state index in [-0.39, 0.29) is 12.1 Å². The summed E-state index contributed by atoms with van der Waals surface area (Å²) in [6, 6.07) is 7.40. The van der Waals surface area contributed by atoms with Gasteiger partial charge in [0.1, 0.15) is 24.2 Å². The van der Waals surface area contributed by atoms with Crippen molar-refractivity contribution in [2.24, 2.45) is 0 Å². The topological polar surface area (TPSA) is 50.7 Å². The maximum Gasteiger partial charge on any atom is 0.119 e. The minimum absolute atomic E-state index is 0.000119. The van der Waals surface area contributed by atoms with E-state index in [1.54, 1.807) is 0 Å². The Labute approximate surface area is 115 Å². The van der Waals surface area contributed by atoms with E-state index in [2.05, 4.69) is 26.1 Å². The van der Waals surface area contributed by atoms with E-state index in [9.17, 15) is 5.11 Å². The second-order valence-corrected chi connectivity index (χ2v) is 5.50. The van der Waals surface area contributed by atoms with Gasteiger partial charge in [-0.3, -0.25) is 0 Å². The molecular weight excluding hydrogens is 242 g/mol. The molecule has 4 heteroatoms. The van der Waals surface area contributed by atoms with Gasteiger partial charge in [0.2, 0.25) is 0 Å². The zero-order valence-electron chi connectivity index (χ0n) is 12.3. The highest BCUT2D eigenvalue weighted by atomic mass is 16.5. The van der Waals surface area contributed by atoms with Gasteiger partial charge in [-0.2, -0.15) is 0 Å². The van der Waals surface area contributed by atoms with Gasteiger partial charge in [0, 0.05) is 12.1 Å². The highest BCUT2D eigenvalue weighted by Gasteiger charge is 2.12. The van der Waals surface area contributed by atoms with E-state index in [4.69, 9.17) is 9.47 Å². The predicted octanol–water partition coefficient (Wildman–Crippen LogP) is 2.21. The Morgan fingerprint density at radius 3 is 2.11 bits per heavy atom. The third kappa shape index (κ3) is 7.03. The first kappa shape index (κ1) is 15.8. The quantitative estimate of drug-likeness (QED) is 0.795. The number of β-amino-alcohol motifs (C(OH)–C–C–N with tert-alkyl or cyclic N) is 1. The van der Waals surface area contributed by atoms with Gasteiger partial charge in [-0.05, 0) is 52.0 Å². The van der Waals surface area contributed by atoms with Crippen LogP contribution >= 0.6 is 0 Å². The van der Waals surface area contributed by atoms with Crippen LogP contribution in [-0.4, -0.2) is 36.5 Å². The fraction of sp³-hybridized carbons (Fsp3) is 0.600. The third-order valence-corrected chi connectivity index (χ3v) is 2.45. The van der Waals surface area contributed by atoms with Crippen molar-refractivity contribution in [2.75, 3.05) is 19.8 Å². The molecule has 108 valence electrons. The minimum atomic E-state index is -0.522. The molecule has 0 spiro atoms. The lowest BCUT2D eigenvalue weighted by molar-refractivity contribution is 0.100. The van der Waals surface area contributed by atoms with Crippen LogP contribution in [0.5, 0.6) is 11.5 Å². The summed E-state index contributed by atoms with van der Waals surface area (Å²) in [5, 5.41) is 13.0. The summed E-state index contributed by atoms with van der Waals surface area (Å²) < 4.78 is 10.9. The average molecular weight is 267 g/mol. The summed E-state index contributed by atoms with van der Waals surface area (Å²) in [5.41, 5.74) is 0.000119. The number of aliphatic hydroxyl groups excluding tert-OH is 1. The van der Waals surface area contributed by atoms with Crippen molar-refractivity contribution in [2.45, 2.75) is 39.3 Å². The maximum absolute atomic E-state index is 9.80. The second-order valence-electron chi connectivity index (χ2n) is 5.50. The molecule has 0 aliphatic carbocycles. The highest BCUT2D eigenvalue weighted by Crippen LogP contribution is 2.17. The Morgan fingerprint density at radius 2 is 1.63 bits per heavy atom. The number of nitrogens with one attached hydrogen (secondary N) is 1. The molecule has 1 unspecified atom stereocenters. The van der Waals surface area contributed by atoms with Gasteiger partial charge in [0.05, 0.1) is 6.61 Å². The standard InChI is InChI=1S/C15H25NO3/c1-5-18-13-6-8-14(9-7-13)19-11-12(17)10-16-15(2,3)4/h6-9,12,16-17H,5,10-11H2,1-4H3. The predicted molar refractivity (Wildman–Crippen MR) is 76.9 cm³/mol. The molecule has 2 N–H and O–H groups in total. The van der Waals surface area contributed by atoms with Crippen molar-refractivity contribution >= 4 is 0 Å². The number of hydrogen-bond acceptors (Lipinski definition) is 4. The fourth-order valence-electron chi connectivity index (χ4n) is 1.47. The Balaban J connectivity index is 2.31. The maximum atomic E-state index is 9.80. The minimum Gasteiger partial charge on any atom is -0.494 e. The summed E-state index contributed by atoms with van der Waals surface area (Å²) in [4.78, 5) is 0. The Morgan fingerprint density at radius 1 is 1.11 bits per heavy atom. The molecule has 1 rings (SSSR count). The van der Waals surface area contributed by atoms with Crippen molar-refractivity contribution in [3.63, 3.8) is 0 Å². The highest BCUT2D eigenvalue weighted by molar-refractivity contribution is 5.31. The molecule has 0 fully saturated rings. The van der Waals surface area contributed by atoms with Crippen LogP contribution in [0, 0.1) is 0 Å². The Bertz CT molecular complexity index is 357. The molecule has 0 aliphatic rings. The normalized spacial score (nSPS) is 13.1. The van der Waals surface area contributed by atoms with Crippen LogP contribution in [0.1, 0.15) is 27.7 Å². The number of benzene rings is 1. The third-order valence-electron chi connectivity index (χ3n) is 2.45. The van der Waals surface area contributed by atoms with E-state index < -0.39 is 6.10 Å². The van der Waals surface area contributed by atoms with Gasteiger partial charge in [-0.15, -0.1) is 0 Å². The van der Waals surface area contributed by atoms with Gasteiger partial charge in [-0.1, -0.05) is 0 Å². The van der Waals surface area contributed by atoms with Gasteiger partial charge in [0.15, 0.2) is 0 Å². The first-order valence-electron chi connectivity index (χ1n) is 6.69. The molecule has 0 radical (unpaired) electrons. The van der Waals surface area contributed by atoms with Crippen molar-refractivity contribution in [3.05, 3.63) is 24.3 Å². The van der Waals surface area contributed by atoms with Gasteiger partial charge in [-0.25, -0.2) is 0 Å². The molecule has 0 aliphatic heterocycles. The van der Waals surface area contributed by atoms with Crippen molar-refractivity contribution in [1.82, 2.24) is 5.32 Å². The summed E-state index contributed by atoms with van der Waals surface area (Å²) >= 11 is 0. The van der Waals surface area contributed by atoms with Crippen LogP contribution < -0.4 is 14.8 Å². The van der Waals surface area contributed by atoms with Crippen LogP contribution in [-0.2, 0) is 0 Å². The lowest BCUT2D eigenvalue weighted by Crippen LogP contribution is -2.42. The van der Waals surface area contributed by atoms with Crippen LogP contribution in [0.3, 0.4) is 0 Å². The van der Waals surface area contributed by atoms with E-state index in [0.29, 0.717) is 13.2 Å². The van der Waals surface area contributed by atoms with Crippen molar-refractivity contribution in [3.8, 4) is 11.5 Å². The largest absolute Gasteiger partial charge is 0.494 e. The molecule has 0 saturated heterocycles. The molecular formula is C15H25NO3. The van der Waals surface area contributed by atoms with Crippen molar-refractivity contribution in [1.29, 1.82) is 0 Å². The van der Waals surface area contributed by atoms with Gasteiger partial charge < -0.3 is 19.9 Å². The van der Waals surface area contributed by atoms with Crippen LogP contribution in [0.15, 0.2) is 24.3 Å². The zero-order chi connectivity index (χ0) is 14.3.